The lowest BCUT2D eigenvalue weighted by Crippen LogP contribution is -2.40. The second kappa shape index (κ2) is 7.31. The first-order valence-corrected chi connectivity index (χ1v) is 9.80. The lowest BCUT2D eigenvalue weighted by Gasteiger charge is -2.31. The summed E-state index contributed by atoms with van der Waals surface area (Å²) in [5, 5.41) is 8.08. The SMILES string of the molecule is O=CNCCCS(=O)(=O)N1CCC(n2ncc3ccccc32)CC1. The minimum atomic E-state index is -3.25. The maximum absolute atomic E-state index is 12.3. The van der Waals surface area contributed by atoms with Crippen LogP contribution in [0, 0.1) is 0 Å². The van der Waals surface area contributed by atoms with Crippen molar-refractivity contribution in [3.05, 3.63) is 30.5 Å². The Hall–Kier alpha value is -1.93. The fraction of sp³-hybridized carbons (Fsp3) is 0.500. The van der Waals surface area contributed by atoms with E-state index >= 15 is 0 Å². The molecule has 0 unspecified atom stereocenters. The highest BCUT2D eigenvalue weighted by Crippen LogP contribution is 2.27. The molecule has 1 aliphatic rings. The minimum absolute atomic E-state index is 0.0726. The molecule has 1 aromatic heterocycles. The van der Waals surface area contributed by atoms with Crippen molar-refractivity contribution >= 4 is 27.3 Å². The number of aromatic nitrogens is 2. The molecule has 130 valence electrons. The monoisotopic (exact) mass is 350 g/mol. The lowest BCUT2D eigenvalue weighted by atomic mass is 10.1. The average Bonchev–Trinajstić information content (AvgIpc) is 3.03. The summed E-state index contributed by atoms with van der Waals surface area (Å²) in [6.45, 7) is 1.42. The number of carbonyl (C=O) groups excluding carboxylic acids is 1. The minimum Gasteiger partial charge on any atom is -0.359 e. The van der Waals surface area contributed by atoms with Crippen molar-refractivity contribution < 1.29 is 13.2 Å². The van der Waals surface area contributed by atoms with Crippen LogP contribution in [-0.4, -0.2) is 54.3 Å². The number of nitrogens with one attached hydrogen (secondary N) is 1. The Kier molecular flexibility index (Phi) is 5.15. The van der Waals surface area contributed by atoms with E-state index in [0.717, 1.165) is 23.7 Å². The summed E-state index contributed by atoms with van der Waals surface area (Å²) in [6.07, 6.45) is 4.41. The van der Waals surface area contributed by atoms with E-state index in [1.54, 1.807) is 4.31 Å². The third-order valence-corrected chi connectivity index (χ3v) is 6.43. The van der Waals surface area contributed by atoms with Crippen LogP contribution in [0.2, 0.25) is 0 Å². The molecule has 1 fully saturated rings. The van der Waals surface area contributed by atoms with Crippen LogP contribution in [0.25, 0.3) is 10.9 Å². The summed E-state index contributed by atoms with van der Waals surface area (Å²) in [6, 6.07) is 8.29. The van der Waals surface area contributed by atoms with E-state index in [1.807, 2.05) is 35.1 Å². The summed E-state index contributed by atoms with van der Waals surface area (Å²) in [7, 11) is -3.25. The van der Waals surface area contributed by atoms with Gasteiger partial charge in [-0.3, -0.25) is 9.48 Å². The van der Waals surface area contributed by atoms with Crippen molar-refractivity contribution in [1.29, 1.82) is 0 Å². The topological polar surface area (TPSA) is 84.3 Å². The first kappa shape index (κ1) is 16.9. The Morgan fingerprint density at radius 2 is 2.00 bits per heavy atom. The molecule has 2 aromatic rings. The molecular weight excluding hydrogens is 328 g/mol. The molecular formula is C16H22N4O3S. The number of nitrogens with zero attached hydrogens (tertiary/aromatic N) is 3. The third kappa shape index (κ3) is 3.59. The van der Waals surface area contributed by atoms with Crippen LogP contribution in [0.4, 0.5) is 0 Å². The normalized spacial score (nSPS) is 17.2. The third-order valence-electron chi connectivity index (χ3n) is 4.47. The maximum atomic E-state index is 12.3. The second-order valence-electron chi connectivity index (χ2n) is 6.02. The molecule has 0 atom stereocenters. The molecule has 0 spiro atoms. The summed E-state index contributed by atoms with van der Waals surface area (Å²) in [5.74, 6) is 0.0726. The molecule has 0 bridgehead atoms. The molecule has 8 heteroatoms. The molecule has 3 rings (SSSR count). The first-order valence-electron chi connectivity index (χ1n) is 8.19. The van der Waals surface area contributed by atoms with Gasteiger partial charge in [-0.05, 0) is 25.3 Å². The summed E-state index contributed by atoms with van der Waals surface area (Å²) >= 11 is 0. The van der Waals surface area contributed by atoms with Crippen molar-refractivity contribution in [1.82, 2.24) is 19.4 Å². The number of hydrogen-bond donors (Lipinski definition) is 1. The largest absolute Gasteiger partial charge is 0.359 e. The Morgan fingerprint density at radius 3 is 2.75 bits per heavy atom. The first-order chi connectivity index (χ1) is 11.6. The molecule has 1 saturated heterocycles. The van der Waals surface area contributed by atoms with Crippen LogP contribution in [0.3, 0.4) is 0 Å². The Morgan fingerprint density at radius 1 is 1.25 bits per heavy atom. The smallest absolute Gasteiger partial charge is 0.214 e. The van der Waals surface area contributed by atoms with Gasteiger partial charge < -0.3 is 5.32 Å². The van der Waals surface area contributed by atoms with Crippen molar-refractivity contribution in [3.63, 3.8) is 0 Å². The zero-order chi connectivity index (χ0) is 17.0. The van der Waals surface area contributed by atoms with Gasteiger partial charge in [0.25, 0.3) is 0 Å². The highest BCUT2D eigenvalue weighted by molar-refractivity contribution is 7.89. The van der Waals surface area contributed by atoms with Gasteiger partial charge in [0.15, 0.2) is 0 Å². The van der Waals surface area contributed by atoms with E-state index in [2.05, 4.69) is 10.4 Å². The van der Waals surface area contributed by atoms with Gasteiger partial charge in [-0.2, -0.15) is 5.10 Å². The predicted molar refractivity (Wildman–Crippen MR) is 92.0 cm³/mol. The Labute approximate surface area is 141 Å². The van der Waals surface area contributed by atoms with E-state index in [9.17, 15) is 13.2 Å². The number of fused-ring (bicyclic) bond motifs is 1. The zero-order valence-corrected chi connectivity index (χ0v) is 14.3. The van der Waals surface area contributed by atoms with E-state index in [0.29, 0.717) is 32.5 Å². The summed E-state index contributed by atoms with van der Waals surface area (Å²) in [4.78, 5) is 10.2. The van der Waals surface area contributed by atoms with Crippen LogP contribution in [0.1, 0.15) is 25.3 Å². The number of benzene rings is 1. The molecule has 7 nitrogen and oxygen atoms in total. The van der Waals surface area contributed by atoms with E-state index in [-0.39, 0.29) is 11.8 Å². The van der Waals surface area contributed by atoms with Crippen molar-refractivity contribution in [2.45, 2.75) is 25.3 Å². The average molecular weight is 350 g/mol. The van der Waals surface area contributed by atoms with Gasteiger partial charge in [0.1, 0.15) is 0 Å². The van der Waals surface area contributed by atoms with Gasteiger partial charge >= 0.3 is 0 Å². The highest BCUT2D eigenvalue weighted by atomic mass is 32.2. The number of rotatable bonds is 7. The molecule has 2 heterocycles. The Bertz CT molecular complexity index is 795. The summed E-state index contributed by atoms with van der Waals surface area (Å²) in [5.41, 5.74) is 1.10. The van der Waals surface area contributed by atoms with E-state index in [1.165, 1.54) is 0 Å². The standard InChI is InChI=1S/C16H22N4O3S/c21-13-17-8-3-11-24(22,23)19-9-6-15(7-10-19)20-16-5-2-1-4-14(16)12-18-20/h1-2,4-5,12-13,15H,3,6-11H2,(H,17,21). The molecule has 24 heavy (non-hydrogen) atoms. The van der Waals surface area contributed by atoms with Gasteiger partial charge in [-0.1, -0.05) is 18.2 Å². The summed E-state index contributed by atoms with van der Waals surface area (Å²) < 4.78 is 28.3. The lowest BCUT2D eigenvalue weighted by molar-refractivity contribution is -0.109. The number of hydrogen-bond acceptors (Lipinski definition) is 4. The number of carbonyl (C=O) groups is 1. The van der Waals surface area contributed by atoms with Crippen molar-refractivity contribution in [2.24, 2.45) is 0 Å². The second-order valence-corrected chi connectivity index (χ2v) is 8.11. The number of amides is 1. The van der Waals surface area contributed by atoms with Crippen LogP contribution >= 0.6 is 0 Å². The van der Waals surface area contributed by atoms with Crippen LogP contribution < -0.4 is 5.32 Å². The number of sulfonamides is 1. The number of piperidine rings is 1. The van der Waals surface area contributed by atoms with Crippen LogP contribution in [-0.2, 0) is 14.8 Å². The van der Waals surface area contributed by atoms with Gasteiger partial charge in [0, 0.05) is 25.0 Å². The van der Waals surface area contributed by atoms with Crippen molar-refractivity contribution in [2.75, 3.05) is 25.4 Å². The van der Waals surface area contributed by atoms with E-state index in [4.69, 9.17) is 0 Å². The fourth-order valence-electron chi connectivity index (χ4n) is 3.19. The predicted octanol–water partition coefficient (Wildman–Crippen LogP) is 1.14. The molecule has 1 aliphatic heterocycles. The number of para-hydroxylation sites is 1. The van der Waals surface area contributed by atoms with Gasteiger partial charge in [0.2, 0.25) is 16.4 Å². The van der Waals surface area contributed by atoms with Gasteiger partial charge in [-0.25, -0.2) is 12.7 Å². The molecule has 0 radical (unpaired) electrons. The Balaban J connectivity index is 1.60. The van der Waals surface area contributed by atoms with Crippen molar-refractivity contribution in [3.8, 4) is 0 Å². The molecule has 1 aromatic carbocycles. The maximum Gasteiger partial charge on any atom is 0.214 e. The molecule has 1 amide bonds. The highest BCUT2D eigenvalue weighted by Gasteiger charge is 2.29. The quantitative estimate of drug-likeness (QED) is 0.599. The van der Waals surface area contributed by atoms with Gasteiger partial charge in [-0.15, -0.1) is 0 Å². The van der Waals surface area contributed by atoms with Crippen LogP contribution in [0.5, 0.6) is 0 Å². The van der Waals surface area contributed by atoms with Gasteiger partial charge in [0.05, 0.1) is 23.5 Å². The van der Waals surface area contributed by atoms with E-state index < -0.39 is 10.0 Å². The zero-order valence-electron chi connectivity index (χ0n) is 13.5. The fourth-order valence-corrected chi connectivity index (χ4v) is 4.73. The van der Waals surface area contributed by atoms with Crippen LogP contribution in [0.15, 0.2) is 30.5 Å². The molecule has 0 aliphatic carbocycles. The molecule has 1 N–H and O–H groups in total. The molecule has 0 saturated carbocycles.